The first-order chi connectivity index (χ1) is 15.0. The van der Waals surface area contributed by atoms with Gasteiger partial charge in [-0.15, -0.1) is 0 Å². The second-order valence-corrected chi connectivity index (χ2v) is 6.93. The number of ether oxygens (including phenoxy) is 1. The van der Waals surface area contributed by atoms with Crippen LogP contribution in [0.1, 0.15) is 35.7 Å². The van der Waals surface area contributed by atoms with E-state index in [-0.39, 0.29) is 25.3 Å². The number of hydrogen-bond acceptors (Lipinski definition) is 8. The number of benzene rings is 1. The van der Waals surface area contributed by atoms with Crippen LogP contribution in [-0.4, -0.2) is 53.1 Å². The van der Waals surface area contributed by atoms with E-state index in [9.17, 15) is 4.79 Å². The number of rotatable bonds is 9. The lowest BCUT2D eigenvalue weighted by Gasteiger charge is -2.17. The van der Waals surface area contributed by atoms with Gasteiger partial charge in [0.1, 0.15) is 17.9 Å². The largest absolute Gasteiger partial charge is 0.496 e. The average Bonchev–Trinajstić information content (AvgIpc) is 2.82. The molecular weight excluding hydrogens is 426 g/mol. The Kier molecular flexibility index (Phi) is 9.21. The summed E-state index contributed by atoms with van der Waals surface area (Å²) >= 11 is 0. The second-order valence-electron chi connectivity index (χ2n) is 6.93. The maximum Gasteiger partial charge on any atom is 0.251 e. The summed E-state index contributed by atoms with van der Waals surface area (Å²) in [6.07, 6.45) is 4.98. The minimum absolute atomic E-state index is 0. The Labute approximate surface area is 194 Å². The van der Waals surface area contributed by atoms with Gasteiger partial charge in [0.05, 0.1) is 12.8 Å². The fourth-order valence-corrected chi connectivity index (χ4v) is 3.09. The Hall–Kier alpha value is -3.40. The Morgan fingerprint density at radius 2 is 1.84 bits per heavy atom. The molecule has 0 fully saturated rings. The van der Waals surface area contributed by atoms with Crippen molar-refractivity contribution in [2.24, 2.45) is 0 Å². The number of hydrogen-bond donors (Lipinski definition) is 3. The molecule has 0 spiro atoms. The van der Waals surface area contributed by atoms with Crippen LogP contribution in [-0.2, 0) is 0 Å². The Bertz CT molecular complexity index is 1030. The molecule has 3 rings (SSSR count). The van der Waals surface area contributed by atoms with E-state index < -0.39 is 0 Å². The highest BCUT2D eigenvalue weighted by Crippen LogP contribution is 2.28. The highest BCUT2D eigenvalue weighted by Gasteiger charge is 2.15. The molecule has 0 aliphatic carbocycles. The topological polar surface area (TPSA) is 114 Å². The van der Waals surface area contributed by atoms with Gasteiger partial charge in [0.15, 0.2) is 0 Å². The molecule has 0 aliphatic heterocycles. The van der Waals surface area contributed by atoms with Gasteiger partial charge in [-0.25, -0.2) is 19.9 Å². The number of aromatic nitrogens is 4. The van der Waals surface area contributed by atoms with Crippen LogP contribution in [0.25, 0.3) is 11.3 Å². The molecule has 32 heavy (non-hydrogen) atoms. The third kappa shape index (κ3) is 6.07. The van der Waals surface area contributed by atoms with Crippen LogP contribution in [0.4, 0.5) is 11.8 Å². The summed E-state index contributed by atoms with van der Waals surface area (Å²) in [7, 11) is 3.21. The summed E-state index contributed by atoms with van der Waals surface area (Å²) in [5.41, 5.74) is 3.11. The molecule has 1 atom stereocenters. The smallest absolute Gasteiger partial charge is 0.251 e. The van der Waals surface area contributed by atoms with Gasteiger partial charge in [-0.2, -0.15) is 13.5 Å². The number of nitrogens with zero attached hydrogens (tertiary/aromatic N) is 4. The van der Waals surface area contributed by atoms with Gasteiger partial charge in [-0.1, -0.05) is 13.0 Å². The fraction of sp³-hybridized carbons (Fsp3) is 0.318. The van der Waals surface area contributed by atoms with E-state index in [0.29, 0.717) is 29.6 Å². The molecule has 1 amide bonds. The summed E-state index contributed by atoms with van der Waals surface area (Å²) in [6, 6.07) is 7.34. The summed E-state index contributed by atoms with van der Waals surface area (Å²) in [5, 5.41) is 9.04. The minimum atomic E-state index is -0.147. The molecule has 10 heteroatoms. The SMILES string of the molecule is CCNc1ncc(-c2cc(NC[C@@H](C)c3ccc(C(=O)NC)cc3OC)ncn2)cn1.S. The van der Waals surface area contributed by atoms with Gasteiger partial charge < -0.3 is 20.7 Å². The fourth-order valence-electron chi connectivity index (χ4n) is 3.09. The van der Waals surface area contributed by atoms with Crippen LogP contribution >= 0.6 is 13.5 Å². The zero-order valence-corrected chi connectivity index (χ0v) is 19.6. The zero-order chi connectivity index (χ0) is 22.2. The highest BCUT2D eigenvalue weighted by molar-refractivity contribution is 7.59. The van der Waals surface area contributed by atoms with Crippen molar-refractivity contribution in [3.05, 3.63) is 54.1 Å². The summed E-state index contributed by atoms with van der Waals surface area (Å²) in [4.78, 5) is 29.1. The van der Waals surface area contributed by atoms with E-state index in [1.54, 1.807) is 38.7 Å². The van der Waals surface area contributed by atoms with Crippen molar-refractivity contribution in [2.45, 2.75) is 19.8 Å². The quantitative estimate of drug-likeness (QED) is 0.451. The van der Waals surface area contributed by atoms with Crippen LogP contribution in [0.15, 0.2) is 43.0 Å². The van der Waals surface area contributed by atoms with Crippen LogP contribution in [0.5, 0.6) is 5.75 Å². The van der Waals surface area contributed by atoms with Crippen molar-refractivity contribution in [3.63, 3.8) is 0 Å². The maximum absolute atomic E-state index is 11.9. The second kappa shape index (κ2) is 11.8. The molecule has 3 aromatic rings. The molecule has 0 unspecified atom stereocenters. The molecule has 2 heterocycles. The number of nitrogens with one attached hydrogen (secondary N) is 3. The van der Waals surface area contributed by atoms with Gasteiger partial charge in [0, 0.05) is 55.6 Å². The van der Waals surface area contributed by atoms with Crippen LogP contribution in [0.2, 0.25) is 0 Å². The van der Waals surface area contributed by atoms with E-state index in [1.807, 2.05) is 19.1 Å². The predicted molar refractivity (Wildman–Crippen MR) is 131 cm³/mol. The standard InChI is InChI=1S/C22H27N7O2.H2S/c1-5-24-22-26-11-16(12-27-22)18-9-20(29-13-28-18)25-10-14(2)17-7-6-15(21(30)23-3)8-19(17)31-4;/h6-9,11-14H,5,10H2,1-4H3,(H,23,30)(H,24,26,27)(H,25,28,29);1H2/t14-;/m1./s1. The Morgan fingerprint density at radius 1 is 1.09 bits per heavy atom. The molecule has 0 saturated heterocycles. The lowest BCUT2D eigenvalue weighted by Crippen LogP contribution is -2.18. The summed E-state index contributed by atoms with van der Waals surface area (Å²) in [6.45, 7) is 5.47. The average molecular weight is 456 g/mol. The first kappa shape index (κ1) is 24.9. The molecule has 2 aromatic heterocycles. The number of methoxy groups -OCH3 is 1. The molecule has 1 aromatic carbocycles. The van der Waals surface area contributed by atoms with E-state index >= 15 is 0 Å². The molecule has 0 radical (unpaired) electrons. The third-order valence-corrected chi connectivity index (χ3v) is 4.79. The Morgan fingerprint density at radius 3 is 2.50 bits per heavy atom. The lowest BCUT2D eigenvalue weighted by molar-refractivity contribution is 0.0962. The molecule has 170 valence electrons. The molecule has 0 bridgehead atoms. The zero-order valence-electron chi connectivity index (χ0n) is 18.6. The van der Waals surface area contributed by atoms with Gasteiger partial charge in [-0.3, -0.25) is 4.79 Å². The Balaban J connectivity index is 0.00000363. The van der Waals surface area contributed by atoms with Crippen LogP contribution < -0.4 is 20.7 Å². The first-order valence-corrected chi connectivity index (χ1v) is 10.1. The van der Waals surface area contributed by atoms with E-state index in [4.69, 9.17) is 4.74 Å². The summed E-state index contributed by atoms with van der Waals surface area (Å²) < 4.78 is 5.51. The van der Waals surface area contributed by atoms with Crippen molar-refractivity contribution in [3.8, 4) is 17.0 Å². The highest BCUT2D eigenvalue weighted by atomic mass is 32.1. The third-order valence-electron chi connectivity index (χ3n) is 4.79. The minimum Gasteiger partial charge on any atom is -0.496 e. The van der Waals surface area contributed by atoms with Gasteiger partial charge in [-0.05, 0) is 24.6 Å². The molecular formula is C22H29N7O2S. The maximum atomic E-state index is 11.9. The van der Waals surface area contributed by atoms with E-state index in [0.717, 1.165) is 23.4 Å². The van der Waals surface area contributed by atoms with Crippen molar-refractivity contribution >= 4 is 31.2 Å². The molecule has 9 nitrogen and oxygen atoms in total. The first-order valence-electron chi connectivity index (χ1n) is 10.1. The number of carbonyl (C=O) groups excluding carboxylic acids is 1. The van der Waals surface area contributed by atoms with Crippen LogP contribution in [0, 0.1) is 0 Å². The number of anilines is 2. The van der Waals surface area contributed by atoms with Crippen molar-refractivity contribution in [2.75, 3.05) is 37.9 Å². The van der Waals surface area contributed by atoms with Gasteiger partial charge in [0.2, 0.25) is 5.95 Å². The van der Waals surface area contributed by atoms with Gasteiger partial charge in [0.25, 0.3) is 5.91 Å². The lowest BCUT2D eigenvalue weighted by atomic mass is 9.98. The summed E-state index contributed by atoms with van der Waals surface area (Å²) in [5.74, 6) is 1.94. The van der Waals surface area contributed by atoms with Crippen molar-refractivity contribution in [1.82, 2.24) is 25.3 Å². The molecule has 3 N–H and O–H groups in total. The van der Waals surface area contributed by atoms with Crippen molar-refractivity contribution in [1.29, 1.82) is 0 Å². The monoisotopic (exact) mass is 455 g/mol. The van der Waals surface area contributed by atoms with Gasteiger partial charge >= 0.3 is 0 Å². The molecule has 0 saturated carbocycles. The number of amides is 1. The number of carbonyl (C=O) groups is 1. The predicted octanol–water partition coefficient (Wildman–Crippen LogP) is 3.06. The normalized spacial score (nSPS) is 11.1. The molecule has 0 aliphatic rings. The van der Waals surface area contributed by atoms with Crippen LogP contribution in [0.3, 0.4) is 0 Å². The van der Waals surface area contributed by atoms with E-state index in [1.165, 1.54) is 6.33 Å². The van der Waals surface area contributed by atoms with Crippen molar-refractivity contribution < 1.29 is 9.53 Å². The van der Waals surface area contributed by atoms with E-state index in [2.05, 4.69) is 42.8 Å².